The molecule has 24 heavy (non-hydrogen) atoms. The number of aryl methyl sites for hydroxylation is 1. The van der Waals surface area contributed by atoms with E-state index in [0.717, 1.165) is 5.56 Å². The lowest BCUT2D eigenvalue weighted by Crippen LogP contribution is -2.47. The third kappa shape index (κ3) is 3.97. The zero-order valence-electron chi connectivity index (χ0n) is 13.2. The van der Waals surface area contributed by atoms with Crippen LogP contribution < -0.4 is 5.32 Å². The van der Waals surface area contributed by atoms with Gasteiger partial charge in [-0.25, -0.2) is 8.42 Å². The van der Waals surface area contributed by atoms with Gasteiger partial charge in [0.15, 0.2) is 9.84 Å². The first-order valence-corrected chi connectivity index (χ1v) is 9.42. The lowest BCUT2D eigenvalue weighted by molar-refractivity contribution is -0.122. The van der Waals surface area contributed by atoms with Crippen molar-refractivity contribution in [1.29, 1.82) is 0 Å². The smallest absolute Gasteiger partial charge is 0.227 e. The number of hydrogen-bond acceptors (Lipinski definition) is 7. The van der Waals surface area contributed by atoms with Crippen LogP contribution in [0.1, 0.15) is 25.7 Å². The van der Waals surface area contributed by atoms with Gasteiger partial charge in [-0.1, -0.05) is 5.16 Å². The number of rotatable bonds is 5. The number of pyridine rings is 1. The minimum atomic E-state index is -3.05. The highest BCUT2D eigenvalue weighted by molar-refractivity contribution is 7.91. The van der Waals surface area contributed by atoms with Gasteiger partial charge >= 0.3 is 0 Å². The number of carbonyl (C=O) groups excluding carboxylic acids is 1. The van der Waals surface area contributed by atoms with Crippen LogP contribution in [-0.4, -0.2) is 46.5 Å². The van der Waals surface area contributed by atoms with Crippen LogP contribution in [-0.2, 0) is 21.1 Å². The molecule has 9 heteroatoms. The first-order valence-electron chi connectivity index (χ1n) is 7.60. The molecule has 3 heterocycles. The largest absolute Gasteiger partial charge is 0.350 e. The highest BCUT2D eigenvalue weighted by Gasteiger charge is 2.39. The predicted octanol–water partition coefficient (Wildman–Crippen LogP) is 0.758. The Morgan fingerprint density at radius 2 is 2.12 bits per heavy atom. The van der Waals surface area contributed by atoms with Crippen LogP contribution >= 0.6 is 0 Å². The molecule has 1 N–H and O–H groups in total. The summed E-state index contributed by atoms with van der Waals surface area (Å²) in [6, 6.07) is 3.53. The predicted molar refractivity (Wildman–Crippen MR) is 85.7 cm³/mol. The zero-order chi connectivity index (χ0) is 17.2. The number of aromatic nitrogens is 3. The summed E-state index contributed by atoms with van der Waals surface area (Å²) in [6.07, 6.45) is 4.17. The number of sulfone groups is 1. The van der Waals surface area contributed by atoms with E-state index in [-0.39, 0.29) is 23.8 Å². The normalized spacial score (nSPS) is 22.4. The third-order valence-corrected chi connectivity index (χ3v) is 5.82. The quantitative estimate of drug-likeness (QED) is 0.846. The second-order valence-electron chi connectivity index (χ2n) is 6.20. The van der Waals surface area contributed by atoms with Gasteiger partial charge in [0, 0.05) is 30.8 Å². The zero-order valence-corrected chi connectivity index (χ0v) is 14.0. The van der Waals surface area contributed by atoms with Crippen LogP contribution in [0.5, 0.6) is 0 Å². The monoisotopic (exact) mass is 350 g/mol. The van der Waals surface area contributed by atoms with E-state index in [0.29, 0.717) is 24.6 Å². The van der Waals surface area contributed by atoms with E-state index < -0.39 is 15.4 Å². The lowest BCUT2D eigenvalue weighted by atomic mass is 10.0. The van der Waals surface area contributed by atoms with Crippen molar-refractivity contribution in [3.63, 3.8) is 0 Å². The average Bonchev–Trinajstić information content (AvgIpc) is 3.10. The second-order valence-corrected chi connectivity index (χ2v) is 8.38. The van der Waals surface area contributed by atoms with E-state index in [1.807, 2.05) is 0 Å². The van der Waals surface area contributed by atoms with Crippen molar-refractivity contribution in [2.75, 3.05) is 11.5 Å². The standard InChI is InChI=1S/C15H18N4O4S/c1-15(6-9-24(21,22)10-15)18-12(20)2-3-13-17-14(19-23-13)11-4-7-16-8-5-11/h4-5,7-8H,2-3,6,9-10H2,1H3,(H,18,20)/t15-/m1/s1. The lowest BCUT2D eigenvalue weighted by Gasteiger charge is -2.23. The molecule has 0 spiro atoms. The summed E-state index contributed by atoms with van der Waals surface area (Å²) in [5.41, 5.74) is 0.0978. The first-order chi connectivity index (χ1) is 11.4. The number of nitrogens with zero attached hydrogens (tertiary/aromatic N) is 3. The van der Waals surface area contributed by atoms with E-state index in [9.17, 15) is 13.2 Å². The molecule has 1 aliphatic heterocycles. The van der Waals surface area contributed by atoms with Crippen molar-refractivity contribution in [2.24, 2.45) is 0 Å². The molecule has 1 fully saturated rings. The molecular weight excluding hydrogens is 332 g/mol. The van der Waals surface area contributed by atoms with Gasteiger partial charge in [0.2, 0.25) is 17.6 Å². The second kappa shape index (κ2) is 6.31. The molecule has 2 aromatic rings. The summed E-state index contributed by atoms with van der Waals surface area (Å²) in [7, 11) is -3.05. The molecule has 0 aromatic carbocycles. The van der Waals surface area contributed by atoms with Crippen LogP contribution in [0.25, 0.3) is 11.4 Å². The Balaban J connectivity index is 1.55. The van der Waals surface area contributed by atoms with E-state index in [1.165, 1.54) is 0 Å². The Kier molecular flexibility index (Phi) is 4.35. The molecule has 1 aliphatic rings. The molecule has 0 aliphatic carbocycles. The van der Waals surface area contributed by atoms with Crippen molar-refractivity contribution >= 4 is 15.7 Å². The maximum Gasteiger partial charge on any atom is 0.227 e. The Morgan fingerprint density at radius 3 is 2.79 bits per heavy atom. The van der Waals surface area contributed by atoms with Gasteiger partial charge in [-0.3, -0.25) is 9.78 Å². The van der Waals surface area contributed by atoms with Gasteiger partial charge in [-0.2, -0.15) is 4.98 Å². The number of nitrogens with one attached hydrogen (secondary N) is 1. The molecule has 1 saturated heterocycles. The highest BCUT2D eigenvalue weighted by Crippen LogP contribution is 2.23. The molecule has 8 nitrogen and oxygen atoms in total. The fourth-order valence-electron chi connectivity index (χ4n) is 2.70. The topological polar surface area (TPSA) is 115 Å². The number of amides is 1. The molecule has 0 unspecified atom stereocenters. The maximum absolute atomic E-state index is 12.1. The van der Waals surface area contributed by atoms with E-state index in [2.05, 4.69) is 20.4 Å². The van der Waals surface area contributed by atoms with Crippen molar-refractivity contribution in [3.8, 4) is 11.4 Å². The van der Waals surface area contributed by atoms with Crippen molar-refractivity contribution in [3.05, 3.63) is 30.4 Å². The molecule has 3 rings (SSSR count). The molecule has 1 atom stereocenters. The SMILES string of the molecule is C[C@@]1(NC(=O)CCc2nc(-c3ccncc3)no2)CCS(=O)(=O)C1. The molecule has 0 radical (unpaired) electrons. The van der Waals surface area contributed by atoms with Crippen molar-refractivity contribution in [1.82, 2.24) is 20.4 Å². The molecule has 128 valence electrons. The van der Waals surface area contributed by atoms with Crippen molar-refractivity contribution in [2.45, 2.75) is 31.7 Å². The molecular formula is C15H18N4O4S. The summed E-state index contributed by atoms with van der Waals surface area (Å²) < 4.78 is 28.3. The number of hydrogen-bond donors (Lipinski definition) is 1. The molecule has 2 aromatic heterocycles. The highest BCUT2D eigenvalue weighted by atomic mass is 32.2. The fraction of sp³-hybridized carbons (Fsp3) is 0.467. The maximum atomic E-state index is 12.1. The summed E-state index contributed by atoms with van der Waals surface area (Å²) in [6.45, 7) is 1.75. The van der Waals surface area contributed by atoms with Crippen LogP contribution in [0.2, 0.25) is 0 Å². The van der Waals surface area contributed by atoms with Gasteiger partial charge < -0.3 is 9.84 Å². The fourth-order valence-corrected chi connectivity index (χ4v) is 4.80. The summed E-state index contributed by atoms with van der Waals surface area (Å²) >= 11 is 0. The van der Waals surface area contributed by atoms with Gasteiger partial charge in [-0.15, -0.1) is 0 Å². The average molecular weight is 350 g/mol. The first kappa shape index (κ1) is 16.6. The summed E-state index contributed by atoms with van der Waals surface area (Å²) in [4.78, 5) is 20.2. The van der Waals surface area contributed by atoms with Gasteiger partial charge in [0.1, 0.15) is 0 Å². The van der Waals surface area contributed by atoms with Crippen LogP contribution in [0.4, 0.5) is 0 Å². The Morgan fingerprint density at radius 1 is 1.38 bits per heavy atom. The Labute approximate surface area is 139 Å². The van der Waals surface area contributed by atoms with Crippen LogP contribution in [0, 0.1) is 0 Å². The van der Waals surface area contributed by atoms with Gasteiger partial charge in [0.05, 0.1) is 17.0 Å². The van der Waals surface area contributed by atoms with Crippen LogP contribution in [0.3, 0.4) is 0 Å². The Hall–Kier alpha value is -2.29. The molecule has 0 saturated carbocycles. The van der Waals surface area contributed by atoms with Crippen LogP contribution in [0.15, 0.2) is 29.0 Å². The summed E-state index contributed by atoms with van der Waals surface area (Å²) in [5.74, 6) is 0.683. The third-order valence-electron chi connectivity index (χ3n) is 3.92. The molecule has 1 amide bonds. The minimum Gasteiger partial charge on any atom is -0.350 e. The van der Waals surface area contributed by atoms with E-state index >= 15 is 0 Å². The van der Waals surface area contributed by atoms with Gasteiger partial charge in [0.25, 0.3) is 0 Å². The van der Waals surface area contributed by atoms with Gasteiger partial charge in [-0.05, 0) is 25.5 Å². The Bertz CT molecular complexity index is 834. The molecule has 0 bridgehead atoms. The van der Waals surface area contributed by atoms with E-state index in [1.54, 1.807) is 31.5 Å². The minimum absolute atomic E-state index is 0.0154. The van der Waals surface area contributed by atoms with E-state index in [4.69, 9.17) is 4.52 Å². The number of carbonyl (C=O) groups is 1. The van der Waals surface area contributed by atoms with Crippen molar-refractivity contribution < 1.29 is 17.7 Å². The summed E-state index contributed by atoms with van der Waals surface area (Å²) in [5, 5.41) is 6.68.